The molecule has 0 atom stereocenters. The maximum atomic E-state index is 12.1. The first-order chi connectivity index (χ1) is 12.1. The number of carbonyl (C=O) groups excluding carboxylic acids is 2. The lowest BCUT2D eigenvalue weighted by molar-refractivity contribution is -0.116. The minimum atomic E-state index is -0.395. The predicted octanol–water partition coefficient (Wildman–Crippen LogP) is 3.83. The zero-order chi connectivity index (χ0) is 18.1. The van der Waals surface area contributed by atoms with Gasteiger partial charge in [-0.3, -0.25) is 4.79 Å². The third kappa shape index (κ3) is 5.95. The van der Waals surface area contributed by atoms with Gasteiger partial charge in [0.2, 0.25) is 5.91 Å². The van der Waals surface area contributed by atoms with Gasteiger partial charge in [-0.2, -0.15) is 0 Å². The molecule has 5 nitrogen and oxygen atoms in total. The van der Waals surface area contributed by atoms with Gasteiger partial charge in [-0.15, -0.1) is 0 Å². The Labute approximate surface area is 148 Å². The summed E-state index contributed by atoms with van der Waals surface area (Å²) in [6.07, 6.45) is 0.993. The van der Waals surface area contributed by atoms with Crippen LogP contribution in [0.3, 0.4) is 0 Å². The number of anilines is 1. The highest BCUT2D eigenvalue weighted by molar-refractivity contribution is 5.94. The fourth-order valence-electron chi connectivity index (χ4n) is 2.34. The number of hydrogen-bond donors (Lipinski definition) is 1. The molecule has 0 saturated carbocycles. The average Bonchev–Trinajstić information content (AvgIpc) is 2.62. The summed E-state index contributed by atoms with van der Waals surface area (Å²) in [5, 5.41) is 2.81. The number of nitrogens with one attached hydrogen (secondary N) is 1. The van der Waals surface area contributed by atoms with Crippen LogP contribution in [0.5, 0.6) is 5.75 Å². The van der Waals surface area contributed by atoms with Crippen LogP contribution in [0.2, 0.25) is 0 Å². The highest BCUT2D eigenvalue weighted by Crippen LogP contribution is 2.15. The van der Waals surface area contributed by atoms with Crippen LogP contribution in [0.25, 0.3) is 0 Å². The van der Waals surface area contributed by atoms with Crippen molar-refractivity contribution >= 4 is 17.6 Å². The van der Waals surface area contributed by atoms with Crippen LogP contribution in [0.1, 0.15) is 36.2 Å². The van der Waals surface area contributed by atoms with Crippen molar-refractivity contribution < 1.29 is 19.1 Å². The molecule has 132 valence electrons. The van der Waals surface area contributed by atoms with Gasteiger partial charge >= 0.3 is 5.97 Å². The zero-order valence-corrected chi connectivity index (χ0v) is 14.6. The first-order valence-electron chi connectivity index (χ1n) is 8.41. The summed E-state index contributed by atoms with van der Waals surface area (Å²) in [6, 6.07) is 14.5. The molecular formula is C20H23NO4. The number of ether oxygens (including phenoxy) is 2. The van der Waals surface area contributed by atoms with E-state index in [-0.39, 0.29) is 5.91 Å². The van der Waals surface area contributed by atoms with Crippen LogP contribution in [-0.4, -0.2) is 25.1 Å². The Morgan fingerprint density at radius 2 is 1.76 bits per heavy atom. The Bertz CT molecular complexity index is 710. The summed E-state index contributed by atoms with van der Waals surface area (Å²) in [4.78, 5) is 23.8. The number of hydrogen-bond acceptors (Lipinski definition) is 4. The van der Waals surface area contributed by atoms with Crippen LogP contribution in [0.15, 0.2) is 48.5 Å². The molecule has 0 fully saturated rings. The van der Waals surface area contributed by atoms with Crippen molar-refractivity contribution in [1.29, 1.82) is 0 Å². The molecule has 0 aliphatic rings. The van der Waals surface area contributed by atoms with E-state index in [0.29, 0.717) is 37.3 Å². The Balaban J connectivity index is 1.87. The second-order valence-corrected chi connectivity index (χ2v) is 5.43. The van der Waals surface area contributed by atoms with Gasteiger partial charge in [0.1, 0.15) is 5.75 Å². The molecule has 0 heterocycles. The van der Waals surface area contributed by atoms with Crippen LogP contribution >= 0.6 is 0 Å². The molecule has 1 amide bonds. The fraction of sp³-hybridized carbons (Fsp3) is 0.300. The van der Waals surface area contributed by atoms with E-state index in [4.69, 9.17) is 9.47 Å². The second-order valence-electron chi connectivity index (χ2n) is 5.43. The van der Waals surface area contributed by atoms with Crippen molar-refractivity contribution in [3.63, 3.8) is 0 Å². The molecule has 2 aromatic rings. The first-order valence-corrected chi connectivity index (χ1v) is 8.41. The molecule has 0 radical (unpaired) electrons. The maximum Gasteiger partial charge on any atom is 0.338 e. The summed E-state index contributed by atoms with van der Waals surface area (Å²) in [7, 11) is 0. The molecule has 2 rings (SSSR count). The van der Waals surface area contributed by atoms with E-state index in [2.05, 4.69) is 5.32 Å². The van der Waals surface area contributed by atoms with Crippen molar-refractivity contribution in [3.05, 3.63) is 59.7 Å². The largest absolute Gasteiger partial charge is 0.494 e. The summed E-state index contributed by atoms with van der Waals surface area (Å²) in [6.45, 7) is 4.64. The standard InChI is InChI=1S/C20H23NO4/c1-3-24-18-11-8-15(9-12-18)10-13-19(22)21-17-7-5-6-16(14-17)20(23)25-4-2/h5-9,11-12,14H,3-4,10,13H2,1-2H3,(H,21,22). The molecule has 5 heteroatoms. The molecule has 0 aromatic heterocycles. The van der Waals surface area contributed by atoms with E-state index in [1.165, 1.54) is 0 Å². The predicted molar refractivity (Wildman–Crippen MR) is 97.0 cm³/mol. The first kappa shape index (κ1) is 18.5. The summed E-state index contributed by atoms with van der Waals surface area (Å²) < 4.78 is 10.4. The minimum Gasteiger partial charge on any atom is -0.494 e. The number of benzene rings is 2. The van der Waals surface area contributed by atoms with Crippen molar-refractivity contribution in [2.75, 3.05) is 18.5 Å². The molecule has 0 bridgehead atoms. The lowest BCUT2D eigenvalue weighted by Crippen LogP contribution is -2.13. The van der Waals surface area contributed by atoms with E-state index in [1.54, 1.807) is 31.2 Å². The Morgan fingerprint density at radius 3 is 2.44 bits per heavy atom. The summed E-state index contributed by atoms with van der Waals surface area (Å²) >= 11 is 0. The van der Waals surface area contributed by atoms with Gasteiger partial charge in [0.05, 0.1) is 18.8 Å². The van der Waals surface area contributed by atoms with Crippen molar-refractivity contribution in [1.82, 2.24) is 0 Å². The Morgan fingerprint density at radius 1 is 1.00 bits per heavy atom. The second kappa shape index (κ2) is 9.47. The molecular weight excluding hydrogens is 318 g/mol. The molecule has 0 saturated heterocycles. The minimum absolute atomic E-state index is 0.102. The van der Waals surface area contributed by atoms with Crippen LogP contribution in [0.4, 0.5) is 5.69 Å². The van der Waals surface area contributed by atoms with Gasteiger partial charge in [0, 0.05) is 12.1 Å². The molecule has 0 aliphatic heterocycles. The number of esters is 1. The summed E-state index contributed by atoms with van der Waals surface area (Å²) in [5.41, 5.74) is 2.08. The SMILES string of the molecule is CCOC(=O)c1cccc(NC(=O)CCc2ccc(OCC)cc2)c1. The van der Waals surface area contributed by atoms with Gasteiger partial charge in [-0.1, -0.05) is 18.2 Å². The van der Waals surface area contributed by atoms with E-state index in [0.717, 1.165) is 11.3 Å². The van der Waals surface area contributed by atoms with E-state index in [9.17, 15) is 9.59 Å². The van der Waals surface area contributed by atoms with Crippen LogP contribution < -0.4 is 10.1 Å². The lowest BCUT2D eigenvalue weighted by Gasteiger charge is -2.08. The molecule has 0 unspecified atom stereocenters. The summed E-state index contributed by atoms with van der Waals surface area (Å²) in [5.74, 6) is 0.328. The zero-order valence-electron chi connectivity index (χ0n) is 14.6. The molecule has 2 aromatic carbocycles. The van der Waals surface area contributed by atoms with E-state index >= 15 is 0 Å². The third-order valence-electron chi connectivity index (χ3n) is 3.53. The lowest BCUT2D eigenvalue weighted by atomic mass is 10.1. The third-order valence-corrected chi connectivity index (χ3v) is 3.53. The van der Waals surface area contributed by atoms with Crippen molar-refractivity contribution in [2.24, 2.45) is 0 Å². The van der Waals surface area contributed by atoms with Gasteiger partial charge in [-0.05, 0) is 56.2 Å². The van der Waals surface area contributed by atoms with E-state index in [1.807, 2.05) is 31.2 Å². The highest BCUT2D eigenvalue weighted by Gasteiger charge is 2.09. The van der Waals surface area contributed by atoms with Gasteiger partial charge in [0.25, 0.3) is 0 Å². The van der Waals surface area contributed by atoms with Crippen molar-refractivity contribution in [3.8, 4) is 5.75 Å². The number of carbonyl (C=O) groups is 2. The normalized spacial score (nSPS) is 10.2. The molecule has 1 N–H and O–H groups in total. The highest BCUT2D eigenvalue weighted by atomic mass is 16.5. The van der Waals surface area contributed by atoms with Gasteiger partial charge in [-0.25, -0.2) is 4.79 Å². The number of amides is 1. The van der Waals surface area contributed by atoms with Crippen molar-refractivity contribution in [2.45, 2.75) is 26.7 Å². The monoisotopic (exact) mass is 341 g/mol. The fourth-order valence-corrected chi connectivity index (χ4v) is 2.34. The Kier molecular flexibility index (Phi) is 7.01. The average molecular weight is 341 g/mol. The van der Waals surface area contributed by atoms with Gasteiger partial charge in [0.15, 0.2) is 0 Å². The van der Waals surface area contributed by atoms with Gasteiger partial charge < -0.3 is 14.8 Å². The molecule has 25 heavy (non-hydrogen) atoms. The quantitative estimate of drug-likeness (QED) is 0.741. The molecule has 0 aliphatic carbocycles. The van der Waals surface area contributed by atoms with Crippen LogP contribution in [-0.2, 0) is 16.0 Å². The molecule has 0 spiro atoms. The Hall–Kier alpha value is -2.82. The van der Waals surface area contributed by atoms with E-state index < -0.39 is 5.97 Å². The number of aryl methyl sites for hydroxylation is 1. The maximum absolute atomic E-state index is 12.1. The smallest absolute Gasteiger partial charge is 0.338 e. The number of rotatable bonds is 8. The van der Waals surface area contributed by atoms with Crippen LogP contribution in [0, 0.1) is 0 Å². The topological polar surface area (TPSA) is 64.6 Å².